The standard InChI is InChI=1S/C25H26N4O/c1-17-8-7-9-18(14-17)23-22-15-19(16-26-20-10-5-6-11-20)25(30)27-24(22)29(28-23)21-12-3-2-4-13-21/h2-4,7-9,12-15,20,26H,5-6,10-11,16H2,1H3,(H,27,30). The minimum Gasteiger partial charge on any atom is -0.310 e. The van der Waals surface area contributed by atoms with Crippen LogP contribution in [0.1, 0.15) is 36.8 Å². The van der Waals surface area contributed by atoms with Crippen molar-refractivity contribution < 1.29 is 0 Å². The summed E-state index contributed by atoms with van der Waals surface area (Å²) in [7, 11) is 0. The maximum Gasteiger partial charge on any atom is 0.254 e. The maximum absolute atomic E-state index is 12.9. The summed E-state index contributed by atoms with van der Waals surface area (Å²) in [5.41, 5.74) is 5.48. The second-order valence-corrected chi connectivity index (χ2v) is 8.21. The van der Waals surface area contributed by atoms with Gasteiger partial charge in [-0.2, -0.15) is 5.10 Å². The molecule has 0 radical (unpaired) electrons. The number of aromatic amines is 1. The minimum atomic E-state index is -0.0547. The van der Waals surface area contributed by atoms with Crippen molar-refractivity contribution in [2.24, 2.45) is 0 Å². The summed E-state index contributed by atoms with van der Waals surface area (Å²) < 4.78 is 1.84. The molecule has 4 aromatic rings. The van der Waals surface area contributed by atoms with E-state index in [4.69, 9.17) is 5.10 Å². The van der Waals surface area contributed by atoms with Gasteiger partial charge >= 0.3 is 0 Å². The van der Waals surface area contributed by atoms with Crippen molar-refractivity contribution in [3.05, 3.63) is 82.1 Å². The lowest BCUT2D eigenvalue weighted by atomic mass is 10.1. The number of hydrogen-bond acceptors (Lipinski definition) is 3. The van der Waals surface area contributed by atoms with Gasteiger partial charge in [0.2, 0.25) is 0 Å². The lowest BCUT2D eigenvalue weighted by molar-refractivity contribution is 0.522. The molecule has 1 fully saturated rings. The number of para-hydroxylation sites is 1. The van der Waals surface area contributed by atoms with Crippen molar-refractivity contribution in [3.8, 4) is 16.9 Å². The molecule has 2 aromatic carbocycles. The van der Waals surface area contributed by atoms with Crippen LogP contribution in [0.3, 0.4) is 0 Å². The van der Waals surface area contributed by atoms with Crippen molar-refractivity contribution in [3.63, 3.8) is 0 Å². The molecule has 0 bridgehead atoms. The van der Waals surface area contributed by atoms with Gasteiger partial charge in [-0.1, -0.05) is 54.8 Å². The second kappa shape index (κ2) is 7.92. The minimum absolute atomic E-state index is 0.0547. The SMILES string of the molecule is Cc1cccc(-c2nn(-c3ccccc3)c3[nH]c(=O)c(CNC4CCCC4)cc23)c1. The number of aryl methyl sites for hydroxylation is 1. The first-order valence-electron chi connectivity index (χ1n) is 10.7. The number of fused-ring (bicyclic) bond motifs is 1. The maximum atomic E-state index is 12.9. The van der Waals surface area contributed by atoms with E-state index in [1.54, 1.807) is 0 Å². The van der Waals surface area contributed by atoms with Crippen LogP contribution in [-0.4, -0.2) is 20.8 Å². The molecule has 1 aliphatic rings. The summed E-state index contributed by atoms with van der Waals surface area (Å²) in [6.45, 7) is 2.67. The molecule has 5 rings (SSSR count). The van der Waals surface area contributed by atoms with Crippen LogP contribution < -0.4 is 10.9 Å². The third kappa shape index (κ3) is 3.57. The van der Waals surface area contributed by atoms with Gasteiger partial charge in [0.15, 0.2) is 0 Å². The number of H-pyrrole nitrogens is 1. The summed E-state index contributed by atoms with van der Waals surface area (Å²) in [4.78, 5) is 16.0. The number of rotatable bonds is 5. The molecule has 0 atom stereocenters. The Labute approximate surface area is 175 Å². The largest absolute Gasteiger partial charge is 0.310 e. The number of hydrogen-bond donors (Lipinski definition) is 2. The Morgan fingerprint density at radius 2 is 1.87 bits per heavy atom. The lowest BCUT2D eigenvalue weighted by Gasteiger charge is -2.11. The van der Waals surface area contributed by atoms with Gasteiger partial charge in [0, 0.05) is 29.1 Å². The Kier molecular flexibility index (Phi) is 4.97. The molecule has 1 saturated carbocycles. The lowest BCUT2D eigenvalue weighted by Crippen LogP contribution is -2.28. The highest BCUT2D eigenvalue weighted by molar-refractivity contribution is 5.92. The topological polar surface area (TPSA) is 62.7 Å². The first kappa shape index (κ1) is 18.8. The predicted octanol–water partition coefficient (Wildman–Crippen LogP) is 4.72. The molecule has 5 nitrogen and oxygen atoms in total. The first-order chi connectivity index (χ1) is 14.7. The summed E-state index contributed by atoms with van der Waals surface area (Å²) in [5.74, 6) is 0. The molecule has 2 heterocycles. The van der Waals surface area contributed by atoms with Gasteiger partial charge in [0.05, 0.1) is 5.69 Å². The number of pyridine rings is 1. The average Bonchev–Trinajstić information content (AvgIpc) is 3.40. The molecule has 5 heteroatoms. The third-order valence-corrected chi connectivity index (χ3v) is 5.99. The Hall–Kier alpha value is -3.18. The van der Waals surface area contributed by atoms with Crippen LogP contribution in [-0.2, 0) is 6.54 Å². The van der Waals surface area contributed by atoms with Crippen LogP contribution in [0, 0.1) is 6.92 Å². The van der Waals surface area contributed by atoms with Gasteiger partial charge in [-0.25, -0.2) is 4.68 Å². The zero-order chi connectivity index (χ0) is 20.5. The van der Waals surface area contributed by atoms with E-state index in [-0.39, 0.29) is 5.56 Å². The summed E-state index contributed by atoms with van der Waals surface area (Å²) in [5, 5.41) is 9.44. The van der Waals surface area contributed by atoms with Crippen LogP contribution >= 0.6 is 0 Å². The molecule has 152 valence electrons. The van der Waals surface area contributed by atoms with Crippen molar-refractivity contribution in [2.45, 2.75) is 45.2 Å². The Morgan fingerprint density at radius 1 is 1.07 bits per heavy atom. The van der Waals surface area contributed by atoms with Crippen molar-refractivity contribution >= 4 is 11.0 Å². The van der Waals surface area contributed by atoms with Gasteiger partial charge in [0.25, 0.3) is 5.56 Å². The molecular weight excluding hydrogens is 372 g/mol. The van der Waals surface area contributed by atoms with Crippen molar-refractivity contribution in [1.82, 2.24) is 20.1 Å². The Balaban J connectivity index is 1.65. The van der Waals surface area contributed by atoms with E-state index in [1.807, 2.05) is 47.1 Å². The zero-order valence-corrected chi connectivity index (χ0v) is 17.2. The molecule has 1 aliphatic carbocycles. The predicted molar refractivity (Wildman–Crippen MR) is 121 cm³/mol. The van der Waals surface area contributed by atoms with Gasteiger partial charge in [-0.05, 0) is 44.0 Å². The molecule has 2 aromatic heterocycles. The molecule has 0 saturated heterocycles. The van der Waals surface area contributed by atoms with Crippen LogP contribution in [0.5, 0.6) is 0 Å². The Bertz CT molecular complexity index is 1230. The van der Waals surface area contributed by atoms with Crippen molar-refractivity contribution in [1.29, 1.82) is 0 Å². The average molecular weight is 399 g/mol. The Morgan fingerprint density at radius 3 is 2.63 bits per heavy atom. The highest BCUT2D eigenvalue weighted by Gasteiger charge is 2.18. The molecule has 2 N–H and O–H groups in total. The summed E-state index contributed by atoms with van der Waals surface area (Å²) in [6.07, 6.45) is 4.93. The van der Waals surface area contributed by atoms with Gasteiger partial charge < -0.3 is 10.3 Å². The molecule has 0 aliphatic heterocycles. The van der Waals surface area contributed by atoms with E-state index < -0.39 is 0 Å². The number of benzene rings is 2. The van der Waals surface area contributed by atoms with Gasteiger partial charge in [-0.15, -0.1) is 0 Å². The van der Waals surface area contributed by atoms with E-state index in [0.717, 1.165) is 33.5 Å². The molecule has 30 heavy (non-hydrogen) atoms. The molecular formula is C25H26N4O. The normalized spacial score (nSPS) is 14.6. The second-order valence-electron chi connectivity index (χ2n) is 8.21. The molecule has 0 spiro atoms. The molecule has 0 amide bonds. The fourth-order valence-corrected chi connectivity index (χ4v) is 4.39. The fourth-order valence-electron chi connectivity index (χ4n) is 4.39. The first-order valence-corrected chi connectivity index (χ1v) is 10.7. The molecule has 0 unspecified atom stereocenters. The van der Waals surface area contributed by atoms with E-state index in [0.29, 0.717) is 12.6 Å². The van der Waals surface area contributed by atoms with E-state index in [9.17, 15) is 4.79 Å². The zero-order valence-electron chi connectivity index (χ0n) is 17.2. The van der Waals surface area contributed by atoms with Crippen LogP contribution in [0.4, 0.5) is 0 Å². The third-order valence-electron chi connectivity index (χ3n) is 5.99. The van der Waals surface area contributed by atoms with Gasteiger partial charge in [-0.3, -0.25) is 4.79 Å². The quantitative estimate of drug-likeness (QED) is 0.511. The van der Waals surface area contributed by atoms with Crippen molar-refractivity contribution in [2.75, 3.05) is 0 Å². The summed E-state index contributed by atoms with van der Waals surface area (Å²) in [6, 6.07) is 20.8. The summed E-state index contributed by atoms with van der Waals surface area (Å²) >= 11 is 0. The number of aromatic nitrogens is 3. The van der Waals surface area contributed by atoms with E-state index >= 15 is 0 Å². The van der Waals surface area contributed by atoms with E-state index in [1.165, 1.54) is 31.2 Å². The number of nitrogens with one attached hydrogen (secondary N) is 2. The fraction of sp³-hybridized carbons (Fsp3) is 0.280. The smallest absolute Gasteiger partial charge is 0.254 e. The van der Waals surface area contributed by atoms with Gasteiger partial charge in [0.1, 0.15) is 11.3 Å². The van der Waals surface area contributed by atoms with Crippen LogP contribution in [0.15, 0.2) is 65.5 Å². The van der Waals surface area contributed by atoms with E-state index in [2.05, 4.69) is 35.4 Å². The van der Waals surface area contributed by atoms with Crippen LogP contribution in [0.2, 0.25) is 0 Å². The number of nitrogens with zero attached hydrogens (tertiary/aromatic N) is 2. The monoisotopic (exact) mass is 398 g/mol. The highest BCUT2D eigenvalue weighted by atomic mass is 16.1. The highest BCUT2D eigenvalue weighted by Crippen LogP contribution is 2.29. The van der Waals surface area contributed by atoms with Crippen LogP contribution in [0.25, 0.3) is 28.0 Å².